The quantitative estimate of drug-likeness (QED) is 0.153. The third kappa shape index (κ3) is 6.79. The van der Waals surface area contributed by atoms with Gasteiger partial charge in [0, 0.05) is 13.0 Å². The van der Waals surface area contributed by atoms with Crippen molar-refractivity contribution in [2.75, 3.05) is 25.7 Å². The van der Waals surface area contributed by atoms with E-state index in [-0.39, 0.29) is 23.9 Å². The monoisotopic (exact) mass is 742 g/mol. The molecule has 0 bridgehead atoms. The summed E-state index contributed by atoms with van der Waals surface area (Å²) < 4.78 is 9.45. The normalized spacial score (nSPS) is 19.4. The van der Waals surface area contributed by atoms with E-state index in [1.54, 1.807) is 29.1 Å². The van der Waals surface area contributed by atoms with E-state index >= 15 is 0 Å². The Morgan fingerprint density at radius 2 is 1.36 bits per heavy atom. The molecule has 4 amide bonds. The molecule has 3 aromatic carbocycles. The first-order chi connectivity index (χ1) is 26.7. The fourth-order valence-corrected chi connectivity index (χ4v) is 8.04. The number of ether oxygens (including phenoxy) is 2. The first kappa shape index (κ1) is 35.6. The number of aromatic nitrogens is 4. The molecular weight excluding hydrogens is 701 g/mol. The Balaban J connectivity index is 0.950. The van der Waals surface area contributed by atoms with Crippen molar-refractivity contribution in [3.8, 4) is 33.6 Å². The molecule has 0 spiro atoms. The molecule has 1 fully saturated rings. The van der Waals surface area contributed by atoms with Crippen molar-refractivity contribution in [1.29, 1.82) is 0 Å². The molecule has 0 aliphatic carbocycles. The van der Waals surface area contributed by atoms with Crippen LogP contribution in [0.25, 0.3) is 33.6 Å². The lowest BCUT2D eigenvalue weighted by Gasteiger charge is -2.27. The zero-order valence-electron chi connectivity index (χ0n) is 30.8. The van der Waals surface area contributed by atoms with E-state index in [1.165, 1.54) is 14.2 Å². The third-order valence-corrected chi connectivity index (χ3v) is 10.9. The molecule has 0 radical (unpaired) electrons. The molecule has 14 heteroatoms. The fourth-order valence-electron chi connectivity index (χ4n) is 8.04. The van der Waals surface area contributed by atoms with Crippen LogP contribution in [-0.2, 0) is 31.9 Å². The highest BCUT2D eigenvalue weighted by Crippen LogP contribution is 2.44. The summed E-state index contributed by atoms with van der Waals surface area (Å²) in [5.74, 6) is 1.05. The van der Waals surface area contributed by atoms with E-state index in [0.29, 0.717) is 37.5 Å². The lowest BCUT2D eigenvalue weighted by Crippen LogP contribution is -2.48. The highest BCUT2D eigenvalue weighted by Gasteiger charge is 2.43. The second-order valence-corrected chi connectivity index (χ2v) is 14.1. The molecule has 2 aromatic heterocycles. The first-order valence-corrected chi connectivity index (χ1v) is 18.5. The largest absolute Gasteiger partial charge is 0.453 e. The van der Waals surface area contributed by atoms with E-state index in [2.05, 4.69) is 60.7 Å². The topological polar surface area (TPSA) is 175 Å². The second kappa shape index (κ2) is 14.8. The van der Waals surface area contributed by atoms with Crippen LogP contribution in [0, 0.1) is 0 Å². The van der Waals surface area contributed by atoms with Gasteiger partial charge in [0.25, 0.3) is 0 Å². The average Bonchev–Trinajstić information content (AvgIpc) is 4.04. The average molecular weight is 743 g/mol. The van der Waals surface area contributed by atoms with Crippen LogP contribution in [0.3, 0.4) is 0 Å². The zero-order valence-corrected chi connectivity index (χ0v) is 30.8. The van der Waals surface area contributed by atoms with Crippen LogP contribution in [0.1, 0.15) is 61.0 Å². The van der Waals surface area contributed by atoms with Crippen molar-refractivity contribution in [3.63, 3.8) is 0 Å². The predicted molar refractivity (Wildman–Crippen MR) is 204 cm³/mol. The number of benzene rings is 3. The van der Waals surface area contributed by atoms with Gasteiger partial charge in [0.1, 0.15) is 23.7 Å². The van der Waals surface area contributed by atoms with E-state index in [9.17, 15) is 19.2 Å². The summed E-state index contributed by atoms with van der Waals surface area (Å²) in [5, 5.41) is 5.29. The molecule has 8 rings (SSSR count). The van der Waals surface area contributed by atoms with Crippen LogP contribution in [-0.4, -0.2) is 81.7 Å². The van der Waals surface area contributed by atoms with Gasteiger partial charge in [-0.2, -0.15) is 0 Å². The minimum absolute atomic E-state index is 0.172. The fraction of sp³-hybridized carbons (Fsp3) is 0.317. The van der Waals surface area contributed by atoms with Crippen molar-refractivity contribution < 1.29 is 28.7 Å². The number of aromatic amines is 2. The summed E-state index contributed by atoms with van der Waals surface area (Å²) in [6.07, 6.45) is 5.72. The third-order valence-electron chi connectivity index (χ3n) is 10.9. The van der Waals surface area contributed by atoms with Crippen LogP contribution in [0.2, 0.25) is 0 Å². The second-order valence-electron chi connectivity index (χ2n) is 14.1. The van der Waals surface area contributed by atoms with Gasteiger partial charge in [-0.1, -0.05) is 66.7 Å². The maximum Gasteiger partial charge on any atom is 0.407 e. The molecule has 5 aromatic rings. The number of carbonyl (C=O) groups excluding carboxylic acids is 4. The number of para-hydroxylation sites is 1. The number of likely N-dealkylation sites (tertiary alicyclic amines) is 1. The number of rotatable bonds is 8. The molecule has 0 saturated carbocycles. The summed E-state index contributed by atoms with van der Waals surface area (Å²) in [5.41, 5.74) is 8.81. The summed E-state index contributed by atoms with van der Waals surface area (Å²) in [6.45, 7) is 2.24. The van der Waals surface area contributed by atoms with Crippen molar-refractivity contribution >= 4 is 29.7 Å². The molecule has 1 saturated heterocycles. The molecule has 4 N–H and O–H groups in total. The van der Waals surface area contributed by atoms with Gasteiger partial charge in [0.05, 0.1) is 55.8 Å². The first-order valence-electron chi connectivity index (χ1n) is 18.5. The Labute approximate surface area is 317 Å². The van der Waals surface area contributed by atoms with Gasteiger partial charge in [-0.15, -0.1) is 0 Å². The van der Waals surface area contributed by atoms with Crippen LogP contribution in [0.5, 0.6) is 0 Å². The van der Waals surface area contributed by atoms with Crippen LogP contribution < -0.4 is 15.5 Å². The van der Waals surface area contributed by atoms with Crippen molar-refractivity contribution in [3.05, 3.63) is 102 Å². The van der Waals surface area contributed by atoms with Gasteiger partial charge < -0.3 is 35.0 Å². The van der Waals surface area contributed by atoms with E-state index in [1.807, 2.05) is 36.4 Å². The van der Waals surface area contributed by atoms with Gasteiger partial charge >= 0.3 is 12.2 Å². The minimum atomic E-state index is -0.709. The lowest BCUT2D eigenvalue weighted by atomic mass is 10.0. The van der Waals surface area contributed by atoms with Gasteiger partial charge in [-0.25, -0.2) is 19.6 Å². The van der Waals surface area contributed by atoms with Gasteiger partial charge in [-0.3, -0.25) is 14.5 Å². The Morgan fingerprint density at radius 1 is 0.782 bits per heavy atom. The summed E-state index contributed by atoms with van der Waals surface area (Å²) >= 11 is 0. The minimum Gasteiger partial charge on any atom is -0.453 e. The molecule has 3 aliphatic rings. The Hall–Kier alpha value is -6.44. The van der Waals surface area contributed by atoms with E-state index in [0.717, 1.165) is 63.3 Å². The highest BCUT2D eigenvalue weighted by molar-refractivity contribution is 6.02. The van der Waals surface area contributed by atoms with Gasteiger partial charge in [-0.05, 0) is 66.0 Å². The number of amides is 4. The Bertz CT molecular complexity index is 2250. The number of alkyl carbamates (subject to hydrolysis) is 2. The standard InChI is InChI=1S/C41H42N8O6/c1-23(44-40(52)54-2)38(50)48-19-5-8-33(48)36-42-21-31(45-36)26-13-9-24(10-14-26)25-11-15-27(16-12-25)32-22-43-37(46-32)34-20-29-7-4-6-28-17-18-30(47-41(53)55-3)39(51)49(34)35(28)29/h4,6-7,9-16,21-23,30,33-34H,5,8,17-20H2,1-3H3,(H,42,45)(H,43,46)(H,44,52)(H,47,53)/t23-,30-,33-,34-/m0/s1. The number of nitrogens with one attached hydrogen (secondary N) is 4. The maximum absolute atomic E-state index is 13.9. The molecule has 5 heterocycles. The van der Waals surface area contributed by atoms with Crippen LogP contribution >= 0.6 is 0 Å². The van der Waals surface area contributed by atoms with Gasteiger partial charge in [0.15, 0.2) is 0 Å². The number of aryl methyl sites for hydroxylation is 1. The molecule has 0 unspecified atom stereocenters. The molecule has 14 nitrogen and oxygen atoms in total. The van der Waals surface area contributed by atoms with E-state index in [4.69, 9.17) is 9.72 Å². The highest BCUT2D eigenvalue weighted by atomic mass is 16.5. The van der Waals surface area contributed by atoms with E-state index < -0.39 is 24.3 Å². The number of anilines is 1. The molecule has 3 aliphatic heterocycles. The summed E-state index contributed by atoms with van der Waals surface area (Å²) in [6, 6.07) is 20.6. The molecule has 55 heavy (non-hydrogen) atoms. The number of H-pyrrole nitrogens is 2. The SMILES string of the molecule is COC(=O)N[C@@H](C)C(=O)N1CCC[C@H]1c1ncc(-c2ccc(-c3ccc(-c4cnc([C@@H]5Cc6cccc7c6N5C(=O)[C@@H](NC(=O)OC)CC7)[nH]4)cc3)cc2)[nH]1. The molecule has 4 atom stereocenters. The van der Waals surface area contributed by atoms with Crippen LogP contribution in [0.15, 0.2) is 79.1 Å². The predicted octanol–water partition coefficient (Wildman–Crippen LogP) is 5.84. The Morgan fingerprint density at radius 3 is 1.98 bits per heavy atom. The summed E-state index contributed by atoms with van der Waals surface area (Å²) in [4.78, 5) is 70.6. The molecule has 282 valence electrons. The van der Waals surface area contributed by atoms with Crippen molar-refractivity contribution in [2.45, 2.75) is 63.2 Å². The molecular formula is C41H42N8O6. The van der Waals surface area contributed by atoms with Crippen LogP contribution in [0.4, 0.5) is 15.3 Å². The number of imidazole rings is 2. The van der Waals surface area contributed by atoms with Crippen molar-refractivity contribution in [1.82, 2.24) is 35.5 Å². The number of hydrogen-bond acceptors (Lipinski definition) is 8. The van der Waals surface area contributed by atoms with Crippen molar-refractivity contribution in [2.24, 2.45) is 0 Å². The number of carbonyl (C=O) groups is 4. The maximum atomic E-state index is 13.9. The number of methoxy groups -OCH3 is 2. The smallest absolute Gasteiger partial charge is 0.407 e. The lowest BCUT2D eigenvalue weighted by molar-refractivity contribution is -0.134. The Kier molecular flexibility index (Phi) is 9.55. The zero-order chi connectivity index (χ0) is 38.2. The van der Waals surface area contributed by atoms with Gasteiger partial charge in [0.2, 0.25) is 11.8 Å². The number of hydrogen-bond donors (Lipinski definition) is 4. The number of nitrogens with zero attached hydrogens (tertiary/aromatic N) is 4. The summed E-state index contributed by atoms with van der Waals surface area (Å²) in [7, 11) is 2.56.